The first kappa shape index (κ1) is 36.9. The highest BCUT2D eigenvalue weighted by Crippen LogP contribution is 2.42. The largest absolute Gasteiger partial charge is 0.481 e. The van der Waals surface area contributed by atoms with Crippen molar-refractivity contribution in [1.29, 1.82) is 0 Å². The van der Waals surface area contributed by atoms with E-state index in [1.165, 1.54) is 9.80 Å². The molecule has 4 amide bonds. The van der Waals surface area contributed by atoms with Crippen molar-refractivity contribution in [2.24, 2.45) is 10.8 Å². The summed E-state index contributed by atoms with van der Waals surface area (Å²) in [4.78, 5) is 93.9. The van der Waals surface area contributed by atoms with Crippen molar-refractivity contribution in [1.82, 2.24) is 9.80 Å². The van der Waals surface area contributed by atoms with Gasteiger partial charge < -0.3 is 5.11 Å². The standard InChI is InChI=1S/C16H16ClNO3.C16H17NO4.C2Cl2O2/c1-16(15(17)21)8-6-10(7-9-16)18-13(19)11-4-2-3-5-12(11)14(18)20;1-16(15(20)21)8-6-10(7-9-16)17-13(18)11-4-2-3-5-12(11)14(17)19;3-1(5)2(4)6/h2-5,10H,6-9H2,1H3;2-5,10H,6-9H2,1H3,(H,20,21);. The van der Waals surface area contributed by atoms with Crippen molar-refractivity contribution in [2.75, 3.05) is 0 Å². The number of benzene rings is 2. The maximum Gasteiger partial charge on any atom is 0.309 e. The summed E-state index contributed by atoms with van der Waals surface area (Å²) in [6.45, 7) is 3.58. The van der Waals surface area contributed by atoms with E-state index < -0.39 is 27.3 Å². The molecule has 2 heterocycles. The van der Waals surface area contributed by atoms with Crippen LogP contribution in [-0.4, -0.2) is 72.3 Å². The van der Waals surface area contributed by atoms with Gasteiger partial charge in [0.25, 0.3) is 23.6 Å². The monoisotopic (exact) mass is 718 g/mol. The third-order valence-electron chi connectivity index (χ3n) is 9.64. The molecule has 254 valence electrons. The van der Waals surface area contributed by atoms with Crippen LogP contribution in [0.15, 0.2) is 48.5 Å². The van der Waals surface area contributed by atoms with Crippen molar-refractivity contribution >= 4 is 80.1 Å². The molecule has 0 aromatic heterocycles. The summed E-state index contributed by atoms with van der Waals surface area (Å²) in [7, 11) is 0. The highest BCUT2D eigenvalue weighted by molar-refractivity contribution is 6.97. The zero-order valence-electron chi connectivity index (χ0n) is 26.2. The Morgan fingerprint density at radius 1 is 0.583 bits per heavy atom. The van der Waals surface area contributed by atoms with Gasteiger partial charge in [0.15, 0.2) is 0 Å². The van der Waals surface area contributed by atoms with Gasteiger partial charge in [-0.3, -0.25) is 48.2 Å². The molecule has 4 aliphatic rings. The molecule has 0 unspecified atom stereocenters. The number of nitrogens with zero attached hydrogens (tertiary/aromatic N) is 2. The molecule has 2 aromatic rings. The fraction of sp³-hybridized carbons (Fsp3) is 0.412. The van der Waals surface area contributed by atoms with Crippen molar-refractivity contribution < 1.29 is 43.5 Å². The molecule has 1 N–H and O–H groups in total. The third kappa shape index (κ3) is 7.38. The van der Waals surface area contributed by atoms with Crippen LogP contribution in [0.1, 0.15) is 107 Å². The summed E-state index contributed by atoms with van der Waals surface area (Å²) in [5.74, 6) is -1.75. The molecule has 14 heteroatoms. The second kappa shape index (κ2) is 14.7. The zero-order chi connectivity index (χ0) is 35.6. The Balaban J connectivity index is 0.000000186. The molecule has 48 heavy (non-hydrogen) atoms. The first-order valence-corrected chi connectivity index (χ1v) is 16.4. The minimum Gasteiger partial charge on any atom is -0.481 e. The van der Waals surface area contributed by atoms with Crippen LogP contribution in [0.5, 0.6) is 0 Å². The van der Waals surface area contributed by atoms with Crippen molar-refractivity contribution in [3.63, 3.8) is 0 Å². The van der Waals surface area contributed by atoms with Crippen molar-refractivity contribution in [3.05, 3.63) is 70.8 Å². The summed E-state index contributed by atoms with van der Waals surface area (Å²) in [6, 6.07) is 13.4. The van der Waals surface area contributed by atoms with E-state index in [-0.39, 0.29) is 41.0 Å². The van der Waals surface area contributed by atoms with Gasteiger partial charge in [0.05, 0.1) is 27.7 Å². The Morgan fingerprint density at radius 2 is 0.854 bits per heavy atom. The summed E-state index contributed by atoms with van der Waals surface area (Å²) in [5, 5.41) is 6.63. The molecule has 2 fully saturated rings. The fourth-order valence-corrected chi connectivity index (χ4v) is 6.67. The van der Waals surface area contributed by atoms with Gasteiger partial charge in [-0.25, -0.2) is 0 Å². The average molecular weight is 720 g/mol. The van der Waals surface area contributed by atoms with Gasteiger partial charge in [-0.1, -0.05) is 31.2 Å². The van der Waals surface area contributed by atoms with Crippen LogP contribution in [0.25, 0.3) is 0 Å². The number of rotatable bonds is 5. The Bertz CT molecular complexity index is 1500. The van der Waals surface area contributed by atoms with Crippen molar-refractivity contribution in [2.45, 2.75) is 77.3 Å². The second-order valence-electron chi connectivity index (χ2n) is 12.8. The molecule has 2 aliphatic heterocycles. The Hall–Kier alpha value is -3.93. The fourth-order valence-electron chi connectivity index (χ4n) is 6.49. The molecular formula is C34H33Cl3N2O9. The van der Waals surface area contributed by atoms with Crippen LogP contribution in [0.4, 0.5) is 0 Å². The number of hydrogen-bond donors (Lipinski definition) is 1. The second-order valence-corrected chi connectivity index (χ2v) is 13.8. The summed E-state index contributed by atoms with van der Waals surface area (Å²) in [5.41, 5.74) is 0.586. The number of imide groups is 2. The highest BCUT2D eigenvalue weighted by Gasteiger charge is 2.46. The minimum atomic E-state index is -1.14. The van der Waals surface area contributed by atoms with E-state index in [4.69, 9.17) is 11.6 Å². The third-order valence-corrected chi connectivity index (χ3v) is 10.5. The number of carboxylic acid groups (broad SMARTS) is 1. The number of fused-ring (bicyclic) bond motifs is 2. The van der Waals surface area contributed by atoms with Gasteiger partial charge in [0.2, 0.25) is 5.24 Å². The molecule has 0 spiro atoms. The van der Waals surface area contributed by atoms with E-state index in [0.717, 1.165) is 0 Å². The number of carbonyl (C=O) groups is 8. The SMILES string of the molecule is CC1(C(=O)Cl)CCC(N2C(=O)c3ccccc3C2=O)CC1.CC1(C(=O)O)CCC(N2C(=O)c3ccccc3C2=O)CC1.O=C(Cl)C(=O)Cl. The van der Waals surface area contributed by atoms with E-state index in [1.54, 1.807) is 55.5 Å². The molecule has 11 nitrogen and oxygen atoms in total. The lowest BCUT2D eigenvalue weighted by molar-refractivity contribution is -0.150. The van der Waals surface area contributed by atoms with Crippen molar-refractivity contribution in [3.8, 4) is 0 Å². The number of amides is 4. The Morgan fingerprint density at radius 3 is 1.08 bits per heavy atom. The summed E-state index contributed by atoms with van der Waals surface area (Å²) >= 11 is 14.6. The molecule has 0 bridgehead atoms. The molecule has 0 atom stereocenters. The lowest BCUT2D eigenvalue weighted by atomic mass is 9.73. The molecule has 2 aliphatic carbocycles. The van der Waals surface area contributed by atoms with Crippen LogP contribution in [0.2, 0.25) is 0 Å². The predicted octanol–water partition coefficient (Wildman–Crippen LogP) is 5.83. The van der Waals surface area contributed by atoms with E-state index in [2.05, 4.69) is 23.2 Å². The number of halogens is 3. The predicted molar refractivity (Wildman–Crippen MR) is 175 cm³/mol. The van der Waals surface area contributed by atoms with E-state index in [0.29, 0.717) is 73.6 Å². The van der Waals surface area contributed by atoms with Gasteiger partial charge in [0.1, 0.15) is 0 Å². The molecule has 2 saturated carbocycles. The molecule has 0 saturated heterocycles. The normalized spacial score (nSPS) is 26.0. The summed E-state index contributed by atoms with van der Waals surface area (Å²) < 4.78 is 0. The first-order valence-electron chi connectivity index (χ1n) is 15.3. The number of carbonyl (C=O) groups excluding carboxylic acids is 7. The van der Waals surface area contributed by atoms with Gasteiger partial charge in [-0.05, 0) is 117 Å². The van der Waals surface area contributed by atoms with Gasteiger partial charge in [-0.2, -0.15) is 0 Å². The molecule has 6 rings (SSSR count). The minimum absolute atomic E-state index is 0.138. The van der Waals surface area contributed by atoms with E-state index >= 15 is 0 Å². The zero-order valence-corrected chi connectivity index (χ0v) is 28.4. The van der Waals surface area contributed by atoms with Gasteiger partial charge in [0, 0.05) is 17.5 Å². The maximum absolute atomic E-state index is 12.4. The lowest BCUT2D eigenvalue weighted by Gasteiger charge is -2.37. The average Bonchev–Trinajstić information content (AvgIpc) is 3.46. The topological polar surface area (TPSA) is 163 Å². The number of carboxylic acids is 1. The van der Waals surface area contributed by atoms with E-state index in [9.17, 15) is 43.5 Å². The Kier molecular flexibility index (Phi) is 11.3. The lowest BCUT2D eigenvalue weighted by Crippen LogP contribution is -2.45. The Labute approximate surface area is 291 Å². The maximum atomic E-state index is 12.4. The summed E-state index contributed by atoms with van der Waals surface area (Å²) in [6.07, 6.45) is 4.53. The molecule has 0 radical (unpaired) electrons. The van der Waals surface area contributed by atoms with Gasteiger partial charge in [-0.15, -0.1) is 0 Å². The first-order chi connectivity index (χ1) is 22.5. The van der Waals surface area contributed by atoms with Gasteiger partial charge >= 0.3 is 16.5 Å². The van der Waals surface area contributed by atoms with E-state index in [1.807, 2.05) is 6.92 Å². The highest BCUT2D eigenvalue weighted by atomic mass is 35.5. The van der Waals surface area contributed by atoms with Crippen LogP contribution >= 0.6 is 34.8 Å². The van der Waals surface area contributed by atoms with Crippen LogP contribution in [-0.2, 0) is 19.2 Å². The molecular weight excluding hydrogens is 687 g/mol. The van der Waals surface area contributed by atoms with Crippen LogP contribution < -0.4 is 0 Å². The smallest absolute Gasteiger partial charge is 0.309 e. The van der Waals surface area contributed by atoms with Crippen LogP contribution in [0, 0.1) is 10.8 Å². The molecule has 2 aromatic carbocycles. The number of aliphatic carboxylic acids is 1. The number of hydrogen-bond acceptors (Lipinski definition) is 8. The quantitative estimate of drug-likeness (QED) is 0.228. The van der Waals surface area contributed by atoms with Crippen LogP contribution in [0.3, 0.4) is 0 Å².